The monoisotopic (exact) mass is 262 g/mol. The molecule has 3 nitrogen and oxygen atoms in total. The van der Waals surface area contributed by atoms with Gasteiger partial charge in [-0.3, -0.25) is 4.79 Å². The molecule has 1 atom stereocenters. The van der Waals surface area contributed by atoms with Crippen molar-refractivity contribution in [3.8, 4) is 0 Å². The van der Waals surface area contributed by atoms with Crippen LogP contribution in [0.5, 0.6) is 0 Å². The van der Waals surface area contributed by atoms with Gasteiger partial charge in [0.15, 0.2) is 0 Å². The lowest BCUT2D eigenvalue weighted by atomic mass is 9.73. The predicted octanol–water partition coefficient (Wildman–Crippen LogP) is 2.34. The van der Waals surface area contributed by atoms with Crippen molar-refractivity contribution in [2.75, 3.05) is 13.1 Å². The maximum absolute atomic E-state index is 11.6. The molecule has 0 aromatic rings. The first-order valence-electron chi connectivity index (χ1n) is 6.42. The van der Waals surface area contributed by atoms with Crippen molar-refractivity contribution >= 4 is 18.3 Å². The Morgan fingerprint density at radius 3 is 2.41 bits per heavy atom. The summed E-state index contributed by atoms with van der Waals surface area (Å²) in [5, 5.41) is 3.01. The number of amides is 1. The molecule has 1 aliphatic rings. The van der Waals surface area contributed by atoms with Crippen LogP contribution in [0.4, 0.5) is 0 Å². The second-order valence-electron chi connectivity index (χ2n) is 5.99. The van der Waals surface area contributed by atoms with E-state index < -0.39 is 0 Å². The fraction of sp³-hybridized carbons (Fsp3) is 0.923. The van der Waals surface area contributed by atoms with Gasteiger partial charge in [-0.05, 0) is 37.0 Å². The third kappa shape index (κ3) is 5.73. The van der Waals surface area contributed by atoms with E-state index in [0.717, 1.165) is 6.54 Å². The van der Waals surface area contributed by atoms with Gasteiger partial charge in [0.1, 0.15) is 0 Å². The van der Waals surface area contributed by atoms with E-state index in [1.807, 2.05) is 6.92 Å². The fourth-order valence-electron chi connectivity index (χ4n) is 2.19. The molecule has 0 aromatic carbocycles. The average molecular weight is 263 g/mol. The van der Waals surface area contributed by atoms with Crippen LogP contribution < -0.4 is 11.1 Å². The lowest BCUT2D eigenvalue weighted by Crippen LogP contribution is -2.37. The molecule has 0 radical (unpaired) electrons. The molecule has 1 unspecified atom stereocenters. The Labute approximate surface area is 111 Å². The predicted molar refractivity (Wildman–Crippen MR) is 74.2 cm³/mol. The van der Waals surface area contributed by atoms with Crippen molar-refractivity contribution in [3.63, 3.8) is 0 Å². The van der Waals surface area contributed by atoms with Crippen molar-refractivity contribution in [1.29, 1.82) is 0 Å². The molecule has 0 spiro atoms. The van der Waals surface area contributed by atoms with Gasteiger partial charge in [-0.15, -0.1) is 12.4 Å². The Balaban J connectivity index is 0.00000256. The molecule has 0 bridgehead atoms. The number of hydrogen-bond donors (Lipinski definition) is 2. The van der Waals surface area contributed by atoms with Crippen LogP contribution in [0.2, 0.25) is 0 Å². The lowest BCUT2D eigenvalue weighted by Gasteiger charge is -2.34. The minimum atomic E-state index is -0.0555. The Morgan fingerprint density at radius 2 is 1.94 bits per heavy atom. The summed E-state index contributed by atoms with van der Waals surface area (Å²) in [6.45, 7) is 7.80. The largest absolute Gasteiger partial charge is 0.356 e. The average Bonchev–Trinajstić information content (AvgIpc) is 2.26. The standard InChI is InChI=1S/C13H26N2O.ClH/c1-10(8-14)12(16)15-9-11-4-6-13(2,3)7-5-11;/h10-11H,4-9,14H2,1-3H3,(H,15,16);1H. The van der Waals surface area contributed by atoms with Crippen molar-refractivity contribution in [2.24, 2.45) is 23.0 Å². The van der Waals surface area contributed by atoms with Gasteiger partial charge in [-0.1, -0.05) is 20.8 Å². The van der Waals surface area contributed by atoms with E-state index >= 15 is 0 Å². The van der Waals surface area contributed by atoms with Crippen molar-refractivity contribution < 1.29 is 4.79 Å². The summed E-state index contributed by atoms with van der Waals surface area (Å²) < 4.78 is 0. The van der Waals surface area contributed by atoms with E-state index in [1.54, 1.807) is 0 Å². The molecule has 1 aliphatic carbocycles. The molecule has 1 saturated carbocycles. The molecular formula is C13H27ClN2O. The van der Waals surface area contributed by atoms with Gasteiger partial charge in [-0.25, -0.2) is 0 Å². The van der Waals surface area contributed by atoms with Crippen LogP contribution in [-0.4, -0.2) is 19.0 Å². The summed E-state index contributed by atoms with van der Waals surface area (Å²) in [6.07, 6.45) is 5.04. The molecule has 102 valence electrons. The second-order valence-corrected chi connectivity index (χ2v) is 5.99. The highest BCUT2D eigenvalue weighted by Gasteiger charge is 2.27. The first-order valence-corrected chi connectivity index (χ1v) is 6.42. The van der Waals surface area contributed by atoms with Gasteiger partial charge < -0.3 is 11.1 Å². The number of rotatable bonds is 4. The van der Waals surface area contributed by atoms with Crippen molar-refractivity contribution in [2.45, 2.75) is 46.5 Å². The third-order valence-corrected chi connectivity index (χ3v) is 3.82. The van der Waals surface area contributed by atoms with Crippen molar-refractivity contribution in [1.82, 2.24) is 5.32 Å². The molecule has 0 heterocycles. The van der Waals surface area contributed by atoms with E-state index in [2.05, 4.69) is 19.2 Å². The fourth-order valence-corrected chi connectivity index (χ4v) is 2.19. The van der Waals surface area contributed by atoms with Crippen LogP contribution in [0.25, 0.3) is 0 Å². The molecule has 0 aliphatic heterocycles. The highest BCUT2D eigenvalue weighted by Crippen LogP contribution is 2.37. The van der Waals surface area contributed by atoms with E-state index in [9.17, 15) is 4.79 Å². The van der Waals surface area contributed by atoms with Gasteiger partial charge in [0.05, 0.1) is 0 Å². The Morgan fingerprint density at radius 1 is 1.41 bits per heavy atom. The zero-order valence-corrected chi connectivity index (χ0v) is 12.1. The summed E-state index contributed by atoms with van der Waals surface area (Å²) in [5.41, 5.74) is 5.96. The number of hydrogen-bond acceptors (Lipinski definition) is 2. The van der Waals surface area contributed by atoms with Gasteiger partial charge in [0.25, 0.3) is 0 Å². The molecule has 1 fully saturated rings. The molecule has 4 heteroatoms. The number of nitrogens with one attached hydrogen (secondary N) is 1. The van der Waals surface area contributed by atoms with Crippen LogP contribution in [0.15, 0.2) is 0 Å². The zero-order valence-electron chi connectivity index (χ0n) is 11.3. The normalized spacial score (nSPS) is 21.4. The molecule has 3 N–H and O–H groups in total. The highest BCUT2D eigenvalue weighted by atomic mass is 35.5. The summed E-state index contributed by atoms with van der Waals surface area (Å²) in [7, 11) is 0. The first-order chi connectivity index (χ1) is 7.44. The molecule has 1 amide bonds. The van der Waals surface area contributed by atoms with Gasteiger partial charge in [0.2, 0.25) is 5.91 Å². The van der Waals surface area contributed by atoms with E-state index in [4.69, 9.17) is 5.73 Å². The lowest BCUT2D eigenvalue weighted by molar-refractivity contribution is -0.124. The smallest absolute Gasteiger partial charge is 0.224 e. The van der Waals surface area contributed by atoms with Gasteiger partial charge >= 0.3 is 0 Å². The van der Waals surface area contributed by atoms with E-state index in [0.29, 0.717) is 17.9 Å². The van der Waals surface area contributed by atoms with Crippen LogP contribution in [0, 0.1) is 17.3 Å². The van der Waals surface area contributed by atoms with Crippen molar-refractivity contribution in [3.05, 3.63) is 0 Å². The molecule has 1 rings (SSSR count). The maximum Gasteiger partial charge on any atom is 0.224 e. The zero-order chi connectivity index (χ0) is 12.2. The van der Waals surface area contributed by atoms with Crippen LogP contribution >= 0.6 is 12.4 Å². The summed E-state index contributed by atoms with van der Waals surface area (Å²) >= 11 is 0. The number of carbonyl (C=O) groups excluding carboxylic acids is 1. The second kappa shape index (κ2) is 7.22. The minimum absolute atomic E-state index is 0. The van der Waals surface area contributed by atoms with E-state index in [-0.39, 0.29) is 24.2 Å². The van der Waals surface area contributed by atoms with Gasteiger partial charge in [-0.2, -0.15) is 0 Å². The quantitative estimate of drug-likeness (QED) is 0.817. The third-order valence-electron chi connectivity index (χ3n) is 3.82. The maximum atomic E-state index is 11.6. The number of halogens is 1. The van der Waals surface area contributed by atoms with E-state index in [1.165, 1.54) is 25.7 Å². The molecule has 0 aromatic heterocycles. The van der Waals surface area contributed by atoms with Gasteiger partial charge in [0, 0.05) is 19.0 Å². The number of carbonyl (C=O) groups is 1. The van der Waals surface area contributed by atoms with Crippen LogP contribution in [0.1, 0.15) is 46.5 Å². The SMILES string of the molecule is CC(CN)C(=O)NCC1CCC(C)(C)CC1.Cl. The first kappa shape index (κ1) is 16.7. The Hall–Kier alpha value is -0.280. The minimum Gasteiger partial charge on any atom is -0.356 e. The molecular weight excluding hydrogens is 236 g/mol. The van der Waals surface area contributed by atoms with Crippen LogP contribution in [0.3, 0.4) is 0 Å². The summed E-state index contributed by atoms with van der Waals surface area (Å²) in [6, 6.07) is 0. The highest BCUT2D eigenvalue weighted by molar-refractivity contribution is 5.85. The topological polar surface area (TPSA) is 55.1 Å². The number of nitrogens with two attached hydrogens (primary N) is 1. The summed E-state index contributed by atoms with van der Waals surface area (Å²) in [5.74, 6) is 0.717. The summed E-state index contributed by atoms with van der Waals surface area (Å²) in [4.78, 5) is 11.6. The Kier molecular flexibility index (Phi) is 7.10. The molecule has 0 saturated heterocycles. The molecule has 17 heavy (non-hydrogen) atoms. The Bertz CT molecular complexity index is 234. The van der Waals surface area contributed by atoms with Crippen LogP contribution in [-0.2, 0) is 4.79 Å².